The summed E-state index contributed by atoms with van der Waals surface area (Å²) < 4.78 is 0. The van der Waals surface area contributed by atoms with E-state index in [1.807, 2.05) is 79.7 Å². The third kappa shape index (κ3) is 5.92. The molecule has 36 heavy (non-hydrogen) atoms. The highest BCUT2D eigenvalue weighted by Gasteiger charge is 2.31. The Morgan fingerprint density at radius 3 is 2.47 bits per heavy atom. The molecule has 3 aromatic carbocycles. The Labute approximate surface area is 211 Å². The summed E-state index contributed by atoms with van der Waals surface area (Å²) >= 11 is 0. The SMILES string of the molecule is CCCC(=O)N[C@@H]1CCc2ccccc2N(Cc2ccc(-c3ccccc3CNC(N)=O)cc2)C1=O. The molecular formula is C29H32N4O3. The summed E-state index contributed by atoms with van der Waals surface area (Å²) in [5.41, 5.74) is 11.2. The summed E-state index contributed by atoms with van der Waals surface area (Å²) in [6, 6.07) is 22.7. The van der Waals surface area contributed by atoms with Gasteiger partial charge < -0.3 is 21.3 Å². The Balaban J connectivity index is 1.57. The fourth-order valence-corrected chi connectivity index (χ4v) is 4.62. The van der Waals surface area contributed by atoms with E-state index in [9.17, 15) is 14.4 Å². The van der Waals surface area contributed by atoms with Crippen molar-refractivity contribution in [3.63, 3.8) is 0 Å². The number of amides is 4. The zero-order valence-corrected chi connectivity index (χ0v) is 20.5. The minimum absolute atomic E-state index is 0.0867. The number of benzene rings is 3. The molecule has 0 saturated carbocycles. The molecule has 1 atom stereocenters. The van der Waals surface area contributed by atoms with Gasteiger partial charge in [0.15, 0.2) is 0 Å². The van der Waals surface area contributed by atoms with E-state index < -0.39 is 12.1 Å². The summed E-state index contributed by atoms with van der Waals surface area (Å²) in [6.07, 6.45) is 2.46. The first-order valence-corrected chi connectivity index (χ1v) is 12.4. The summed E-state index contributed by atoms with van der Waals surface area (Å²) in [5.74, 6) is -0.174. The van der Waals surface area contributed by atoms with Crippen LogP contribution in [0, 0.1) is 0 Å². The minimum Gasteiger partial charge on any atom is -0.352 e. The Kier molecular flexibility index (Phi) is 8.00. The van der Waals surface area contributed by atoms with Gasteiger partial charge in [-0.15, -0.1) is 0 Å². The van der Waals surface area contributed by atoms with Crippen molar-refractivity contribution >= 4 is 23.5 Å². The molecule has 0 aliphatic carbocycles. The average molecular weight is 485 g/mol. The zero-order valence-electron chi connectivity index (χ0n) is 20.5. The predicted molar refractivity (Wildman–Crippen MR) is 141 cm³/mol. The van der Waals surface area contributed by atoms with Crippen LogP contribution in [-0.2, 0) is 29.1 Å². The smallest absolute Gasteiger partial charge is 0.312 e. The number of nitrogens with zero attached hydrogens (tertiary/aromatic N) is 1. The number of para-hydroxylation sites is 1. The first-order valence-electron chi connectivity index (χ1n) is 12.4. The van der Waals surface area contributed by atoms with Crippen molar-refractivity contribution in [3.05, 3.63) is 89.5 Å². The monoisotopic (exact) mass is 484 g/mol. The van der Waals surface area contributed by atoms with Crippen LogP contribution in [0.25, 0.3) is 11.1 Å². The fourth-order valence-electron chi connectivity index (χ4n) is 4.62. The molecule has 4 N–H and O–H groups in total. The van der Waals surface area contributed by atoms with Crippen molar-refractivity contribution < 1.29 is 14.4 Å². The van der Waals surface area contributed by atoms with Crippen molar-refractivity contribution in [1.29, 1.82) is 0 Å². The highest BCUT2D eigenvalue weighted by atomic mass is 16.2. The lowest BCUT2D eigenvalue weighted by atomic mass is 9.98. The van der Waals surface area contributed by atoms with E-state index in [-0.39, 0.29) is 11.8 Å². The largest absolute Gasteiger partial charge is 0.352 e. The van der Waals surface area contributed by atoms with E-state index in [0.717, 1.165) is 46.3 Å². The number of carbonyl (C=O) groups excluding carboxylic acids is 3. The summed E-state index contributed by atoms with van der Waals surface area (Å²) in [7, 11) is 0. The molecule has 4 rings (SSSR count). The van der Waals surface area contributed by atoms with Crippen molar-refractivity contribution in [2.24, 2.45) is 5.73 Å². The summed E-state index contributed by atoms with van der Waals surface area (Å²) in [6.45, 7) is 2.70. The Hall–Kier alpha value is -4.13. The van der Waals surface area contributed by atoms with Crippen LogP contribution >= 0.6 is 0 Å². The van der Waals surface area contributed by atoms with Crippen LogP contribution in [-0.4, -0.2) is 23.9 Å². The van der Waals surface area contributed by atoms with Gasteiger partial charge in [-0.05, 0) is 53.1 Å². The van der Waals surface area contributed by atoms with Gasteiger partial charge in [0.2, 0.25) is 11.8 Å². The molecular weight excluding hydrogens is 452 g/mol. The zero-order chi connectivity index (χ0) is 25.5. The molecule has 4 amide bonds. The standard InChI is InChI=1S/C29H32N4O3/c1-2-7-27(34)32-25-17-16-22-8-4-6-11-26(22)33(28(25)35)19-20-12-14-21(15-13-20)24-10-5-3-9-23(24)18-31-29(30)36/h3-6,8-15,25H,2,7,16-19H2,1H3,(H,32,34)(H3,30,31,36)/t25-/m1/s1. The highest BCUT2D eigenvalue weighted by molar-refractivity contribution is 6.00. The predicted octanol–water partition coefficient (Wildman–Crippen LogP) is 4.29. The third-order valence-electron chi connectivity index (χ3n) is 6.44. The summed E-state index contributed by atoms with van der Waals surface area (Å²) in [4.78, 5) is 38.8. The summed E-state index contributed by atoms with van der Waals surface area (Å²) in [5, 5.41) is 5.60. The number of rotatable bonds is 8. The molecule has 7 nitrogen and oxygen atoms in total. The Bertz CT molecular complexity index is 1240. The molecule has 0 bridgehead atoms. The topological polar surface area (TPSA) is 105 Å². The number of hydrogen-bond donors (Lipinski definition) is 3. The molecule has 0 spiro atoms. The second-order valence-corrected chi connectivity index (χ2v) is 9.03. The molecule has 0 aromatic heterocycles. The van der Waals surface area contributed by atoms with Gasteiger partial charge in [0.05, 0.1) is 6.54 Å². The van der Waals surface area contributed by atoms with Crippen LogP contribution < -0.4 is 21.3 Å². The van der Waals surface area contributed by atoms with Crippen LogP contribution in [0.2, 0.25) is 0 Å². The van der Waals surface area contributed by atoms with E-state index in [1.165, 1.54) is 0 Å². The van der Waals surface area contributed by atoms with Gasteiger partial charge in [0, 0.05) is 18.7 Å². The normalized spacial score (nSPS) is 15.1. The quantitative estimate of drug-likeness (QED) is 0.444. The Morgan fingerprint density at radius 1 is 1.00 bits per heavy atom. The molecule has 3 aromatic rings. The lowest BCUT2D eigenvalue weighted by Gasteiger charge is -2.26. The second kappa shape index (κ2) is 11.5. The number of carbonyl (C=O) groups is 3. The van der Waals surface area contributed by atoms with Gasteiger partial charge in [-0.2, -0.15) is 0 Å². The maximum atomic E-state index is 13.6. The number of nitrogens with two attached hydrogens (primary N) is 1. The number of aryl methyl sites for hydroxylation is 1. The number of anilines is 1. The second-order valence-electron chi connectivity index (χ2n) is 9.03. The molecule has 1 aliphatic rings. The first-order chi connectivity index (χ1) is 17.5. The molecule has 1 heterocycles. The van der Waals surface area contributed by atoms with Crippen LogP contribution in [0.3, 0.4) is 0 Å². The maximum Gasteiger partial charge on any atom is 0.312 e. The fraction of sp³-hybridized carbons (Fsp3) is 0.276. The molecule has 0 unspecified atom stereocenters. The molecule has 7 heteroatoms. The lowest BCUT2D eigenvalue weighted by molar-refractivity contribution is -0.127. The van der Waals surface area contributed by atoms with Crippen molar-refractivity contribution in [2.75, 3.05) is 4.90 Å². The number of urea groups is 1. The van der Waals surface area contributed by atoms with E-state index in [2.05, 4.69) is 10.6 Å². The first kappa shape index (κ1) is 25.0. The van der Waals surface area contributed by atoms with E-state index in [1.54, 1.807) is 4.90 Å². The van der Waals surface area contributed by atoms with Crippen molar-refractivity contribution in [2.45, 2.75) is 51.7 Å². The van der Waals surface area contributed by atoms with Gasteiger partial charge in [0.25, 0.3) is 0 Å². The van der Waals surface area contributed by atoms with E-state index >= 15 is 0 Å². The van der Waals surface area contributed by atoms with E-state index in [0.29, 0.717) is 25.9 Å². The molecule has 0 saturated heterocycles. The van der Waals surface area contributed by atoms with Gasteiger partial charge in [0.1, 0.15) is 6.04 Å². The average Bonchev–Trinajstić information content (AvgIpc) is 3.01. The van der Waals surface area contributed by atoms with Crippen molar-refractivity contribution in [1.82, 2.24) is 10.6 Å². The van der Waals surface area contributed by atoms with Crippen LogP contribution in [0.4, 0.5) is 10.5 Å². The third-order valence-corrected chi connectivity index (χ3v) is 6.44. The molecule has 186 valence electrons. The molecule has 0 radical (unpaired) electrons. The van der Waals surface area contributed by atoms with Gasteiger partial charge in [-0.3, -0.25) is 9.59 Å². The number of primary amides is 1. The Morgan fingerprint density at radius 2 is 1.72 bits per heavy atom. The van der Waals surface area contributed by atoms with Crippen LogP contribution in [0.5, 0.6) is 0 Å². The number of fused-ring (bicyclic) bond motifs is 1. The van der Waals surface area contributed by atoms with Gasteiger partial charge in [-0.25, -0.2) is 4.79 Å². The molecule has 1 aliphatic heterocycles. The highest BCUT2D eigenvalue weighted by Crippen LogP contribution is 2.30. The van der Waals surface area contributed by atoms with Crippen LogP contribution in [0.15, 0.2) is 72.8 Å². The van der Waals surface area contributed by atoms with E-state index in [4.69, 9.17) is 5.73 Å². The van der Waals surface area contributed by atoms with Crippen LogP contribution in [0.1, 0.15) is 42.9 Å². The molecule has 0 fully saturated rings. The number of nitrogens with one attached hydrogen (secondary N) is 2. The lowest BCUT2D eigenvalue weighted by Crippen LogP contribution is -2.47. The minimum atomic E-state index is -0.563. The van der Waals surface area contributed by atoms with Gasteiger partial charge >= 0.3 is 6.03 Å². The maximum absolute atomic E-state index is 13.6. The number of hydrogen-bond acceptors (Lipinski definition) is 3. The van der Waals surface area contributed by atoms with Gasteiger partial charge in [-0.1, -0.05) is 73.7 Å². The van der Waals surface area contributed by atoms with Crippen molar-refractivity contribution in [3.8, 4) is 11.1 Å².